The Morgan fingerprint density at radius 2 is 1.79 bits per heavy atom. The fourth-order valence-electron chi connectivity index (χ4n) is 5.03. The van der Waals surface area contributed by atoms with Crippen molar-refractivity contribution in [3.8, 4) is 5.75 Å². The van der Waals surface area contributed by atoms with Gasteiger partial charge < -0.3 is 14.4 Å². The van der Waals surface area contributed by atoms with E-state index >= 15 is 0 Å². The van der Waals surface area contributed by atoms with Gasteiger partial charge in [-0.2, -0.15) is 0 Å². The number of sulfonamides is 1. The molecule has 0 aliphatic carbocycles. The summed E-state index contributed by atoms with van der Waals surface area (Å²) in [4.78, 5) is 17.9. The van der Waals surface area contributed by atoms with Crippen molar-refractivity contribution in [3.63, 3.8) is 0 Å². The summed E-state index contributed by atoms with van der Waals surface area (Å²) >= 11 is 7.03. The summed E-state index contributed by atoms with van der Waals surface area (Å²) in [5, 5.41) is 8.73. The summed E-state index contributed by atoms with van der Waals surface area (Å²) in [6.07, 6.45) is 8.83. The van der Waals surface area contributed by atoms with E-state index in [0.717, 1.165) is 80.5 Å². The number of aldehydes is 1. The number of aromatic nitrogens is 1. The van der Waals surface area contributed by atoms with Crippen molar-refractivity contribution in [1.29, 1.82) is 0 Å². The number of nitrogens with one attached hydrogen (secondary N) is 1. The molecule has 1 aromatic heterocycles. The first-order valence-electron chi connectivity index (χ1n) is 16.4. The number of unbranched alkanes of at least 4 members (excludes halogenated alkanes) is 2. The maximum Gasteiger partial charge on any atom is 0.261 e. The average molecular weight is 706 g/mol. The summed E-state index contributed by atoms with van der Waals surface area (Å²) in [5.74, 6) is 0.937. The number of aryl methyl sites for hydroxylation is 1. The molecule has 1 atom stereocenters. The first kappa shape index (κ1) is 38.4. The number of rotatable bonds is 22. The van der Waals surface area contributed by atoms with Crippen molar-refractivity contribution in [3.05, 3.63) is 52.0 Å². The van der Waals surface area contributed by atoms with E-state index < -0.39 is 10.0 Å². The van der Waals surface area contributed by atoms with Gasteiger partial charge in [0.05, 0.1) is 30.0 Å². The highest BCUT2D eigenvalue weighted by Gasteiger charge is 2.23. The third-order valence-electron chi connectivity index (χ3n) is 7.76. The largest absolute Gasteiger partial charge is 0.494 e. The summed E-state index contributed by atoms with van der Waals surface area (Å²) in [5.41, 5.74) is 2.24. The normalized spacial score (nSPS) is 12.4. The fourth-order valence-corrected chi connectivity index (χ4v) is 6.98. The zero-order valence-electron chi connectivity index (χ0n) is 28.1. The first-order valence-corrected chi connectivity index (χ1v) is 19.1. The number of methoxy groups -OCH3 is 1. The maximum absolute atomic E-state index is 13.7. The topological polar surface area (TPSA) is 123 Å². The lowest BCUT2D eigenvalue weighted by molar-refractivity contribution is 0.112. The second-order valence-corrected chi connectivity index (χ2v) is 14.4. The molecule has 0 radical (unpaired) electrons. The van der Waals surface area contributed by atoms with Gasteiger partial charge in [0, 0.05) is 25.8 Å². The van der Waals surface area contributed by atoms with Crippen LogP contribution in [0, 0.1) is 5.92 Å². The lowest BCUT2D eigenvalue weighted by atomic mass is 9.98. The molecule has 3 aromatic rings. The number of azo groups is 1. The summed E-state index contributed by atoms with van der Waals surface area (Å²) in [6.45, 7) is 11.1. The van der Waals surface area contributed by atoms with E-state index in [-0.39, 0.29) is 31.4 Å². The Labute approximate surface area is 289 Å². The van der Waals surface area contributed by atoms with Crippen molar-refractivity contribution < 1.29 is 22.7 Å². The maximum atomic E-state index is 13.7. The summed E-state index contributed by atoms with van der Waals surface area (Å²) in [7, 11) is -2.43. The number of hydrogen-bond donors (Lipinski definition) is 1. The van der Waals surface area contributed by atoms with Gasteiger partial charge in [0.25, 0.3) is 10.0 Å². The van der Waals surface area contributed by atoms with Crippen LogP contribution in [0.3, 0.4) is 0 Å². The van der Waals surface area contributed by atoms with Crippen LogP contribution in [0.4, 0.5) is 22.2 Å². The average Bonchev–Trinajstić information content (AvgIpc) is 3.45. The Morgan fingerprint density at radius 1 is 1.04 bits per heavy atom. The number of hydrogen-bond acceptors (Lipinski definition) is 10. The molecule has 10 nitrogen and oxygen atoms in total. The van der Waals surface area contributed by atoms with E-state index in [1.807, 2.05) is 12.1 Å². The monoisotopic (exact) mass is 705 g/mol. The molecule has 3 rings (SSSR count). The van der Waals surface area contributed by atoms with Crippen LogP contribution >= 0.6 is 22.9 Å². The molecule has 2 aromatic carbocycles. The Hall–Kier alpha value is -3.06. The van der Waals surface area contributed by atoms with Crippen molar-refractivity contribution in [2.75, 3.05) is 43.0 Å². The Balaban J connectivity index is 2.10. The predicted molar refractivity (Wildman–Crippen MR) is 192 cm³/mol. The third kappa shape index (κ3) is 11.5. The molecule has 0 amide bonds. The number of benzene rings is 2. The van der Waals surface area contributed by atoms with Gasteiger partial charge in [0.1, 0.15) is 16.3 Å². The van der Waals surface area contributed by atoms with Crippen molar-refractivity contribution >= 4 is 61.4 Å². The number of ether oxygens (including phenoxy) is 2. The number of nitrogens with zero attached hydrogens (tertiary/aromatic N) is 4. The molecule has 0 spiro atoms. The minimum Gasteiger partial charge on any atom is -0.494 e. The van der Waals surface area contributed by atoms with Gasteiger partial charge in [-0.05, 0) is 55.4 Å². The zero-order chi connectivity index (χ0) is 34.2. The second kappa shape index (κ2) is 19.7. The number of anilines is 2. The lowest BCUT2D eigenvalue weighted by Crippen LogP contribution is -2.33. The van der Waals surface area contributed by atoms with Gasteiger partial charge in [-0.3, -0.25) is 9.52 Å². The van der Waals surface area contributed by atoms with Crippen LogP contribution in [-0.4, -0.2) is 53.1 Å². The quantitative estimate of drug-likeness (QED) is 0.0627. The molecular formula is C34H48ClN5O5S2. The Kier molecular flexibility index (Phi) is 16.1. The minimum absolute atomic E-state index is 0.0321. The minimum atomic E-state index is -4.00. The van der Waals surface area contributed by atoms with Crippen LogP contribution in [0.25, 0.3) is 0 Å². The van der Waals surface area contributed by atoms with E-state index in [2.05, 4.69) is 52.5 Å². The molecule has 1 N–H and O–H groups in total. The van der Waals surface area contributed by atoms with E-state index in [4.69, 9.17) is 21.1 Å². The van der Waals surface area contributed by atoms with Crippen molar-refractivity contribution in [2.24, 2.45) is 16.1 Å². The van der Waals surface area contributed by atoms with Crippen LogP contribution in [-0.2, 0) is 21.2 Å². The molecule has 258 valence electrons. The number of carbonyl (C=O) groups excluding carboxylic acids is 1. The van der Waals surface area contributed by atoms with Gasteiger partial charge in [-0.25, -0.2) is 13.4 Å². The number of thiazole rings is 1. The highest BCUT2D eigenvalue weighted by Crippen LogP contribution is 2.41. The van der Waals surface area contributed by atoms with E-state index in [1.54, 1.807) is 31.4 Å². The molecule has 13 heteroatoms. The van der Waals surface area contributed by atoms with Crippen molar-refractivity contribution in [2.45, 2.75) is 84.0 Å². The molecule has 0 aliphatic rings. The summed E-state index contributed by atoms with van der Waals surface area (Å²) in [6, 6.07) is 10.3. The molecule has 0 bridgehead atoms. The standard InChI is InChI=1S/C34H48ClN5O5S2/c1-6-10-12-25(9-4)23-40(18-20-45-19-8-3)30-21-29(39-47(42,43)27-16-14-26(15-17-27)13-11-7-2)28(22-31(30)44-5)37-38-34-36-33(35)32(24-41)46-34/h14-17,21-22,24-25,39H,6-13,18-20,23H2,1-5H3. The number of halogens is 1. The van der Waals surface area contributed by atoms with Crippen LogP contribution in [0.1, 0.15) is 87.9 Å². The molecule has 1 unspecified atom stereocenters. The summed E-state index contributed by atoms with van der Waals surface area (Å²) < 4.78 is 42.0. The highest BCUT2D eigenvalue weighted by atomic mass is 35.5. The van der Waals surface area contributed by atoms with Crippen LogP contribution in [0.15, 0.2) is 51.5 Å². The van der Waals surface area contributed by atoms with Gasteiger partial charge in [-0.15, -0.1) is 10.2 Å². The predicted octanol–water partition coefficient (Wildman–Crippen LogP) is 9.63. The smallest absolute Gasteiger partial charge is 0.261 e. The molecular weight excluding hydrogens is 658 g/mol. The zero-order valence-corrected chi connectivity index (χ0v) is 30.5. The highest BCUT2D eigenvalue weighted by molar-refractivity contribution is 7.92. The molecule has 0 aliphatic heterocycles. The van der Waals surface area contributed by atoms with E-state index in [1.165, 1.54) is 0 Å². The molecule has 1 heterocycles. The molecule has 47 heavy (non-hydrogen) atoms. The van der Waals surface area contributed by atoms with Gasteiger partial charge in [-0.1, -0.05) is 88.4 Å². The van der Waals surface area contributed by atoms with Gasteiger partial charge >= 0.3 is 0 Å². The molecule has 0 fully saturated rings. The first-order chi connectivity index (χ1) is 22.7. The van der Waals surface area contributed by atoms with E-state index in [0.29, 0.717) is 37.7 Å². The fraction of sp³-hybridized carbons (Fsp3) is 0.529. The van der Waals surface area contributed by atoms with Crippen molar-refractivity contribution in [1.82, 2.24) is 4.98 Å². The molecule has 0 saturated carbocycles. The van der Waals surface area contributed by atoms with Crippen LogP contribution in [0.2, 0.25) is 5.15 Å². The van der Waals surface area contributed by atoms with Gasteiger partial charge in [0.2, 0.25) is 5.13 Å². The third-order valence-corrected chi connectivity index (χ3v) is 10.4. The number of carbonyl (C=O) groups is 1. The SMILES string of the molecule is CCCCc1ccc(S(=O)(=O)Nc2cc(N(CCOCCC)CC(CC)CCCC)c(OC)cc2N=Nc2nc(Cl)c(C=O)s2)cc1. The van der Waals surface area contributed by atoms with Gasteiger partial charge in [0.15, 0.2) is 11.4 Å². The van der Waals surface area contributed by atoms with Crippen LogP contribution < -0.4 is 14.4 Å². The second-order valence-electron chi connectivity index (χ2n) is 11.3. The Morgan fingerprint density at radius 3 is 2.40 bits per heavy atom. The lowest BCUT2D eigenvalue weighted by Gasteiger charge is -2.31. The molecule has 0 saturated heterocycles. The Bertz CT molecular complexity index is 1550. The van der Waals surface area contributed by atoms with Crippen LogP contribution in [0.5, 0.6) is 5.75 Å². The van der Waals surface area contributed by atoms with E-state index in [9.17, 15) is 13.2 Å².